The van der Waals surface area contributed by atoms with Crippen LogP contribution in [0.5, 0.6) is 0 Å². The Bertz CT molecular complexity index is 419. The van der Waals surface area contributed by atoms with Crippen LogP contribution in [0, 0.1) is 6.92 Å². The number of nitrogens with one attached hydrogen (secondary N) is 1. The van der Waals surface area contributed by atoms with Crippen LogP contribution < -0.4 is 5.32 Å². The standard InChI is InChI=1S/C14H17NS/c1-12-7-8-14(16-12)11-15-10-9-13-5-3-2-4-6-13/h2-8,15H,9-11H2,1H3. The lowest BCUT2D eigenvalue weighted by Crippen LogP contribution is -2.15. The minimum absolute atomic E-state index is 0.991. The predicted octanol–water partition coefficient (Wildman–Crippen LogP) is 3.39. The summed E-state index contributed by atoms with van der Waals surface area (Å²) >= 11 is 1.87. The molecular weight excluding hydrogens is 214 g/mol. The Labute approximate surface area is 101 Å². The summed E-state index contributed by atoms with van der Waals surface area (Å²) in [5.41, 5.74) is 1.40. The summed E-state index contributed by atoms with van der Waals surface area (Å²) in [6.45, 7) is 4.18. The number of benzene rings is 1. The highest BCUT2D eigenvalue weighted by atomic mass is 32.1. The van der Waals surface area contributed by atoms with Crippen molar-refractivity contribution >= 4 is 11.3 Å². The zero-order chi connectivity index (χ0) is 11.2. The van der Waals surface area contributed by atoms with E-state index in [1.807, 2.05) is 11.3 Å². The maximum absolute atomic E-state index is 3.47. The molecule has 0 aliphatic heterocycles. The molecule has 0 radical (unpaired) electrons. The molecule has 1 aromatic carbocycles. The second kappa shape index (κ2) is 5.83. The summed E-state index contributed by atoms with van der Waals surface area (Å²) in [5.74, 6) is 0. The molecule has 1 aromatic heterocycles. The second-order valence-corrected chi connectivity index (χ2v) is 5.30. The van der Waals surface area contributed by atoms with E-state index < -0.39 is 0 Å². The van der Waals surface area contributed by atoms with Crippen molar-refractivity contribution in [3.8, 4) is 0 Å². The fourth-order valence-electron chi connectivity index (χ4n) is 1.67. The van der Waals surface area contributed by atoms with E-state index in [0.717, 1.165) is 19.5 Å². The Hall–Kier alpha value is -1.12. The molecule has 2 aromatic rings. The van der Waals surface area contributed by atoms with Crippen LogP contribution in [0.15, 0.2) is 42.5 Å². The number of hydrogen-bond donors (Lipinski definition) is 1. The van der Waals surface area contributed by atoms with Crippen LogP contribution in [0.3, 0.4) is 0 Å². The molecule has 0 atom stereocenters. The monoisotopic (exact) mass is 231 g/mol. The molecule has 0 unspecified atom stereocenters. The van der Waals surface area contributed by atoms with Gasteiger partial charge in [-0.2, -0.15) is 0 Å². The first kappa shape index (κ1) is 11.4. The fraction of sp³-hybridized carbons (Fsp3) is 0.286. The van der Waals surface area contributed by atoms with Gasteiger partial charge in [-0.1, -0.05) is 30.3 Å². The van der Waals surface area contributed by atoms with E-state index in [-0.39, 0.29) is 0 Å². The summed E-state index contributed by atoms with van der Waals surface area (Å²) in [6, 6.07) is 15.0. The SMILES string of the molecule is Cc1ccc(CNCCc2ccccc2)s1. The highest BCUT2D eigenvalue weighted by Gasteiger charge is 1.96. The first-order valence-corrected chi connectivity index (χ1v) is 6.46. The van der Waals surface area contributed by atoms with Crippen molar-refractivity contribution in [2.45, 2.75) is 19.9 Å². The molecule has 1 N–H and O–H groups in total. The van der Waals surface area contributed by atoms with Crippen LogP contribution >= 0.6 is 11.3 Å². The van der Waals surface area contributed by atoms with Crippen molar-refractivity contribution in [1.82, 2.24) is 5.32 Å². The lowest BCUT2D eigenvalue weighted by molar-refractivity contribution is 0.693. The first-order chi connectivity index (χ1) is 7.84. The van der Waals surface area contributed by atoms with Gasteiger partial charge in [-0.15, -0.1) is 11.3 Å². The third kappa shape index (κ3) is 3.47. The van der Waals surface area contributed by atoms with Crippen molar-refractivity contribution in [1.29, 1.82) is 0 Å². The van der Waals surface area contributed by atoms with Gasteiger partial charge in [0, 0.05) is 16.3 Å². The minimum atomic E-state index is 0.991. The van der Waals surface area contributed by atoms with Crippen molar-refractivity contribution in [2.75, 3.05) is 6.54 Å². The largest absolute Gasteiger partial charge is 0.312 e. The van der Waals surface area contributed by atoms with Crippen LogP contribution in [0.2, 0.25) is 0 Å². The van der Waals surface area contributed by atoms with E-state index in [0.29, 0.717) is 0 Å². The maximum Gasteiger partial charge on any atom is 0.0299 e. The Balaban J connectivity index is 1.69. The lowest BCUT2D eigenvalue weighted by atomic mass is 10.1. The zero-order valence-corrected chi connectivity index (χ0v) is 10.4. The quantitative estimate of drug-likeness (QED) is 0.778. The third-order valence-electron chi connectivity index (χ3n) is 2.53. The van der Waals surface area contributed by atoms with E-state index in [1.54, 1.807) is 0 Å². The molecule has 0 fully saturated rings. The van der Waals surface area contributed by atoms with Crippen molar-refractivity contribution < 1.29 is 0 Å². The van der Waals surface area contributed by atoms with Crippen LogP contribution in [0.25, 0.3) is 0 Å². The fourth-order valence-corrected chi connectivity index (χ4v) is 2.53. The smallest absolute Gasteiger partial charge is 0.0299 e. The van der Waals surface area contributed by atoms with Gasteiger partial charge in [-0.25, -0.2) is 0 Å². The molecule has 0 aliphatic rings. The van der Waals surface area contributed by atoms with Gasteiger partial charge in [-0.3, -0.25) is 0 Å². The number of hydrogen-bond acceptors (Lipinski definition) is 2. The van der Waals surface area contributed by atoms with Gasteiger partial charge in [0.05, 0.1) is 0 Å². The van der Waals surface area contributed by atoms with Gasteiger partial charge in [0.25, 0.3) is 0 Å². The summed E-state index contributed by atoms with van der Waals surface area (Å²) in [7, 11) is 0. The van der Waals surface area contributed by atoms with E-state index in [1.165, 1.54) is 15.3 Å². The number of aryl methyl sites for hydroxylation is 1. The van der Waals surface area contributed by atoms with E-state index in [2.05, 4.69) is 54.7 Å². The predicted molar refractivity (Wildman–Crippen MR) is 70.9 cm³/mol. The number of thiophene rings is 1. The molecule has 84 valence electrons. The van der Waals surface area contributed by atoms with Gasteiger partial charge in [0.1, 0.15) is 0 Å². The van der Waals surface area contributed by atoms with Gasteiger partial charge >= 0.3 is 0 Å². The van der Waals surface area contributed by atoms with Crippen LogP contribution in [-0.2, 0) is 13.0 Å². The second-order valence-electron chi connectivity index (χ2n) is 3.92. The molecule has 0 amide bonds. The third-order valence-corrected chi connectivity index (χ3v) is 3.53. The van der Waals surface area contributed by atoms with Gasteiger partial charge in [0.2, 0.25) is 0 Å². The molecule has 16 heavy (non-hydrogen) atoms. The highest BCUT2D eigenvalue weighted by Crippen LogP contribution is 2.14. The molecule has 0 saturated heterocycles. The average Bonchev–Trinajstić information content (AvgIpc) is 2.72. The lowest BCUT2D eigenvalue weighted by Gasteiger charge is -2.03. The topological polar surface area (TPSA) is 12.0 Å². The van der Waals surface area contributed by atoms with E-state index in [9.17, 15) is 0 Å². The normalized spacial score (nSPS) is 10.6. The molecular formula is C14H17NS. The molecule has 1 nitrogen and oxygen atoms in total. The summed E-state index contributed by atoms with van der Waals surface area (Å²) < 4.78 is 0. The Morgan fingerprint density at radius 3 is 2.56 bits per heavy atom. The van der Waals surface area contributed by atoms with Gasteiger partial charge < -0.3 is 5.32 Å². The molecule has 2 heteroatoms. The van der Waals surface area contributed by atoms with Gasteiger partial charge in [0.15, 0.2) is 0 Å². The maximum atomic E-state index is 3.47. The van der Waals surface area contributed by atoms with Crippen LogP contribution in [0.1, 0.15) is 15.3 Å². The van der Waals surface area contributed by atoms with E-state index in [4.69, 9.17) is 0 Å². The first-order valence-electron chi connectivity index (χ1n) is 5.64. The molecule has 1 heterocycles. The average molecular weight is 231 g/mol. The van der Waals surface area contributed by atoms with Crippen molar-refractivity contribution in [2.24, 2.45) is 0 Å². The Morgan fingerprint density at radius 2 is 1.88 bits per heavy atom. The summed E-state index contributed by atoms with van der Waals surface area (Å²) in [4.78, 5) is 2.81. The zero-order valence-electron chi connectivity index (χ0n) is 9.57. The molecule has 0 saturated carbocycles. The van der Waals surface area contributed by atoms with Crippen LogP contribution in [-0.4, -0.2) is 6.54 Å². The Morgan fingerprint density at radius 1 is 1.06 bits per heavy atom. The Kier molecular flexibility index (Phi) is 4.14. The van der Waals surface area contributed by atoms with Crippen LogP contribution in [0.4, 0.5) is 0 Å². The van der Waals surface area contributed by atoms with Crippen molar-refractivity contribution in [3.63, 3.8) is 0 Å². The minimum Gasteiger partial charge on any atom is -0.312 e. The molecule has 2 rings (SSSR count). The summed E-state index contributed by atoms with van der Waals surface area (Å²) in [6.07, 6.45) is 1.10. The molecule has 0 spiro atoms. The van der Waals surface area contributed by atoms with E-state index >= 15 is 0 Å². The molecule has 0 bridgehead atoms. The van der Waals surface area contributed by atoms with Crippen molar-refractivity contribution in [3.05, 3.63) is 57.8 Å². The highest BCUT2D eigenvalue weighted by molar-refractivity contribution is 7.11. The van der Waals surface area contributed by atoms with Gasteiger partial charge in [-0.05, 0) is 37.6 Å². The number of rotatable bonds is 5. The molecule has 0 aliphatic carbocycles. The summed E-state index contributed by atoms with van der Waals surface area (Å²) in [5, 5.41) is 3.47.